The van der Waals surface area contributed by atoms with Crippen LogP contribution < -0.4 is 10.6 Å². The van der Waals surface area contributed by atoms with Crippen LogP contribution in [0.1, 0.15) is 24.3 Å². The van der Waals surface area contributed by atoms with Crippen molar-refractivity contribution in [1.82, 2.24) is 4.98 Å². The van der Waals surface area contributed by atoms with Crippen LogP contribution in [0, 0.1) is 0 Å². The van der Waals surface area contributed by atoms with Gasteiger partial charge in [-0.1, -0.05) is 30.1 Å². The smallest absolute Gasteiger partial charge is 0.147 e. The Balaban J connectivity index is 2.14. The summed E-state index contributed by atoms with van der Waals surface area (Å²) < 4.78 is 0. The van der Waals surface area contributed by atoms with E-state index < -0.39 is 0 Å². The number of aromatic nitrogens is 1. The van der Waals surface area contributed by atoms with E-state index in [2.05, 4.69) is 34.0 Å². The number of nitrogens with one attached hydrogen (secondary N) is 2. The molecule has 0 amide bonds. The highest BCUT2D eigenvalue weighted by Crippen LogP contribution is 2.30. The van der Waals surface area contributed by atoms with Crippen LogP contribution in [0.5, 0.6) is 0 Å². The summed E-state index contributed by atoms with van der Waals surface area (Å²) in [5.74, 6) is 1.31. The highest BCUT2D eigenvalue weighted by atomic mass is 35.5. The predicted octanol–water partition coefficient (Wildman–Crippen LogP) is 5.06. The van der Waals surface area contributed by atoms with E-state index in [4.69, 9.17) is 23.2 Å². The summed E-state index contributed by atoms with van der Waals surface area (Å²) >= 11 is 14.0. The van der Waals surface area contributed by atoms with Crippen LogP contribution in [0.4, 0.5) is 11.6 Å². The number of thiophene rings is 1. The van der Waals surface area contributed by atoms with Crippen molar-refractivity contribution < 1.29 is 0 Å². The largest absolute Gasteiger partial charge is 0.369 e. The lowest BCUT2D eigenvalue weighted by molar-refractivity contribution is 1.06. The normalized spacial score (nSPS) is 10.6. The van der Waals surface area contributed by atoms with E-state index in [0.29, 0.717) is 21.7 Å². The second-order valence-corrected chi connectivity index (χ2v) is 6.07. The minimum absolute atomic E-state index is 0.534. The molecular weight excluding hydrogens is 313 g/mol. The predicted molar refractivity (Wildman–Crippen MR) is 89.4 cm³/mol. The molecule has 6 heteroatoms. The number of anilines is 2. The molecule has 0 fully saturated rings. The molecule has 0 saturated heterocycles. The van der Waals surface area contributed by atoms with Gasteiger partial charge in [-0.25, -0.2) is 4.98 Å². The first kappa shape index (κ1) is 15.4. The lowest BCUT2D eigenvalue weighted by Gasteiger charge is -2.11. The van der Waals surface area contributed by atoms with Crippen molar-refractivity contribution in [2.24, 2.45) is 0 Å². The SMILES string of the molecule is CCNc1nc(NCc2sccc2CC)c(Cl)cc1Cl. The van der Waals surface area contributed by atoms with Crippen molar-refractivity contribution in [2.45, 2.75) is 26.8 Å². The van der Waals surface area contributed by atoms with Crippen molar-refractivity contribution >= 4 is 46.2 Å². The van der Waals surface area contributed by atoms with Crippen LogP contribution in [0.2, 0.25) is 10.0 Å². The minimum atomic E-state index is 0.534. The zero-order chi connectivity index (χ0) is 14.5. The summed E-state index contributed by atoms with van der Waals surface area (Å²) in [6, 6.07) is 3.87. The third kappa shape index (κ3) is 3.57. The van der Waals surface area contributed by atoms with Crippen molar-refractivity contribution in [3.05, 3.63) is 38.0 Å². The van der Waals surface area contributed by atoms with E-state index in [-0.39, 0.29) is 0 Å². The highest BCUT2D eigenvalue weighted by Gasteiger charge is 2.10. The summed E-state index contributed by atoms with van der Waals surface area (Å²) in [6.45, 7) is 5.64. The zero-order valence-corrected chi connectivity index (χ0v) is 13.8. The quantitative estimate of drug-likeness (QED) is 0.778. The maximum absolute atomic E-state index is 6.18. The van der Waals surface area contributed by atoms with Gasteiger partial charge in [0.15, 0.2) is 0 Å². The van der Waals surface area contributed by atoms with Gasteiger partial charge in [0, 0.05) is 11.4 Å². The molecule has 0 saturated carbocycles. The van der Waals surface area contributed by atoms with E-state index in [0.717, 1.165) is 19.5 Å². The number of aryl methyl sites for hydroxylation is 1. The fraction of sp³-hybridized carbons (Fsp3) is 0.357. The fourth-order valence-corrected chi connectivity index (χ4v) is 3.29. The Morgan fingerprint density at radius 2 is 1.85 bits per heavy atom. The number of nitrogens with zero attached hydrogens (tertiary/aromatic N) is 1. The third-order valence-electron chi connectivity index (χ3n) is 2.91. The van der Waals surface area contributed by atoms with Crippen LogP contribution >= 0.6 is 34.5 Å². The standard InChI is InChI=1S/C14H17Cl2N3S/c1-3-9-5-6-20-12(9)8-18-14-11(16)7-10(15)13(19-14)17-4-2/h5-7H,3-4,8H2,1-2H3,(H2,17,18,19). The third-order valence-corrected chi connectivity index (χ3v) is 4.45. The van der Waals surface area contributed by atoms with E-state index in [1.165, 1.54) is 10.4 Å². The van der Waals surface area contributed by atoms with Gasteiger partial charge in [0.1, 0.15) is 11.6 Å². The van der Waals surface area contributed by atoms with Crippen LogP contribution in [0.15, 0.2) is 17.5 Å². The Kier molecular flexibility index (Phi) is 5.52. The van der Waals surface area contributed by atoms with Gasteiger partial charge in [-0.15, -0.1) is 11.3 Å². The van der Waals surface area contributed by atoms with Crippen LogP contribution in [0.3, 0.4) is 0 Å². The molecule has 2 aromatic heterocycles. The fourth-order valence-electron chi connectivity index (χ4n) is 1.88. The van der Waals surface area contributed by atoms with Crippen LogP contribution in [0.25, 0.3) is 0 Å². The van der Waals surface area contributed by atoms with Gasteiger partial charge in [0.25, 0.3) is 0 Å². The summed E-state index contributed by atoms with van der Waals surface area (Å²) in [5, 5.41) is 9.58. The van der Waals surface area contributed by atoms with Gasteiger partial charge in [0.2, 0.25) is 0 Å². The maximum atomic E-state index is 6.18. The second-order valence-electron chi connectivity index (χ2n) is 4.26. The lowest BCUT2D eigenvalue weighted by atomic mass is 10.2. The number of hydrogen-bond donors (Lipinski definition) is 2. The molecule has 0 spiro atoms. The Morgan fingerprint density at radius 1 is 1.15 bits per heavy atom. The van der Waals surface area contributed by atoms with Crippen LogP contribution in [-0.4, -0.2) is 11.5 Å². The summed E-state index contributed by atoms with van der Waals surface area (Å²) in [5.41, 5.74) is 1.36. The number of halogens is 2. The maximum Gasteiger partial charge on any atom is 0.147 e. The van der Waals surface area contributed by atoms with E-state index >= 15 is 0 Å². The van der Waals surface area contributed by atoms with Crippen molar-refractivity contribution in [3.63, 3.8) is 0 Å². The number of pyridine rings is 1. The molecule has 0 radical (unpaired) electrons. The molecule has 20 heavy (non-hydrogen) atoms. The average molecular weight is 330 g/mol. The molecule has 0 aliphatic rings. The van der Waals surface area contributed by atoms with E-state index in [1.807, 2.05) is 6.92 Å². The molecule has 0 bridgehead atoms. The Morgan fingerprint density at radius 3 is 2.50 bits per heavy atom. The lowest BCUT2D eigenvalue weighted by Crippen LogP contribution is -2.06. The first-order valence-electron chi connectivity index (χ1n) is 6.54. The van der Waals surface area contributed by atoms with Gasteiger partial charge >= 0.3 is 0 Å². The monoisotopic (exact) mass is 329 g/mol. The van der Waals surface area contributed by atoms with E-state index in [1.54, 1.807) is 17.4 Å². The molecule has 2 rings (SSSR count). The molecule has 2 aromatic rings. The Labute approximate surface area is 133 Å². The topological polar surface area (TPSA) is 37.0 Å². The minimum Gasteiger partial charge on any atom is -0.369 e. The number of rotatable bonds is 6. The molecule has 0 aromatic carbocycles. The molecule has 2 heterocycles. The summed E-state index contributed by atoms with van der Waals surface area (Å²) in [4.78, 5) is 5.75. The first-order chi connectivity index (χ1) is 9.65. The molecule has 0 unspecified atom stereocenters. The Bertz CT molecular complexity index is 584. The van der Waals surface area contributed by atoms with Crippen LogP contribution in [-0.2, 0) is 13.0 Å². The molecule has 0 aliphatic heterocycles. The first-order valence-corrected chi connectivity index (χ1v) is 8.18. The second kappa shape index (κ2) is 7.16. The molecule has 108 valence electrons. The van der Waals surface area contributed by atoms with Gasteiger partial charge in [0.05, 0.1) is 16.6 Å². The van der Waals surface area contributed by atoms with Crippen molar-refractivity contribution in [2.75, 3.05) is 17.2 Å². The zero-order valence-electron chi connectivity index (χ0n) is 11.5. The highest BCUT2D eigenvalue weighted by molar-refractivity contribution is 7.10. The van der Waals surface area contributed by atoms with E-state index in [9.17, 15) is 0 Å². The number of hydrogen-bond acceptors (Lipinski definition) is 4. The van der Waals surface area contributed by atoms with Gasteiger partial charge in [-0.2, -0.15) is 0 Å². The summed E-state index contributed by atoms with van der Waals surface area (Å²) in [7, 11) is 0. The van der Waals surface area contributed by atoms with Gasteiger partial charge < -0.3 is 10.6 Å². The molecule has 3 nitrogen and oxygen atoms in total. The summed E-state index contributed by atoms with van der Waals surface area (Å²) in [6.07, 6.45) is 1.03. The Hall–Kier alpha value is -0.970. The average Bonchev–Trinajstić information content (AvgIpc) is 2.88. The van der Waals surface area contributed by atoms with Crippen molar-refractivity contribution in [1.29, 1.82) is 0 Å². The molecule has 2 N–H and O–H groups in total. The van der Waals surface area contributed by atoms with Gasteiger partial charge in [-0.3, -0.25) is 0 Å². The molecular formula is C14H17Cl2N3S. The van der Waals surface area contributed by atoms with Crippen molar-refractivity contribution in [3.8, 4) is 0 Å². The molecule has 0 atom stereocenters. The molecule has 0 aliphatic carbocycles. The van der Waals surface area contributed by atoms with Gasteiger partial charge in [-0.05, 0) is 36.4 Å².